The highest BCUT2D eigenvalue weighted by atomic mass is 16.2. The minimum Gasteiger partial charge on any atom is -0.317 e. The highest BCUT2D eigenvalue weighted by molar-refractivity contribution is 6.06. The van der Waals surface area contributed by atoms with Gasteiger partial charge in [-0.1, -0.05) is 30.4 Å². The first-order valence-electron chi connectivity index (χ1n) is 9.16. The van der Waals surface area contributed by atoms with Gasteiger partial charge < -0.3 is 10.6 Å². The number of imide groups is 1. The summed E-state index contributed by atoms with van der Waals surface area (Å²) in [6.07, 6.45) is 5.43. The largest absolute Gasteiger partial charge is 0.320 e. The third kappa shape index (κ3) is 2.60. The molecule has 4 aliphatic rings. The smallest absolute Gasteiger partial charge is 0.317 e. The molecule has 0 radical (unpaired) electrons. The van der Waals surface area contributed by atoms with Crippen molar-refractivity contribution >= 4 is 23.5 Å². The molecule has 6 heteroatoms. The van der Waals surface area contributed by atoms with Gasteiger partial charge in [0.05, 0.1) is 11.8 Å². The van der Waals surface area contributed by atoms with Crippen LogP contribution in [0, 0.1) is 30.6 Å². The molecule has 4 amide bonds. The van der Waals surface area contributed by atoms with Crippen LogP contribution in [0.1, 0.15) is 25.3 Å². The van der Waals surface area contributed by atoms with E-state index in [0.717, 1.165) is 18.4 Å². The van der Waals surface area contributed by atoms with Crippen molar-refractivity contribution in [1.82, 2.24) is 10.2 Å². The van der Waals surface area contributed by atoms with Crippen LogP contribution in [0.5, 0.6) is 0 Å². The lowest BCUT2D eigenvalue weighted by molar-refractivity contribution is -0.142. The van der Waals surface area contributed by atoms with Crippen molar-refractivity contribution in [1.29, 1.82) is 0 Å². The number of amides is 4. The molecule has 1 heterocycles. The van der Waals surface area contributed by atoms with Gasteiger partial charge in [-0.2, -0.15) is 0 Å². The average molecular weight is 353 g/mol. The number of allylic oxidation sites excluding steroid dienone is 2. The van der Waals surface area contributed by atoms with E-state index in [2.05, 4.69) is 22.8 Å². The Balaban J connectivity index is 1.46. The zero-order valence-electron chi connectivity index (χ0n) is 14.9. The fourth-order valence-corrected chi connectivity index (χ4v) is 4.60. The summed E-state index contributed by atoms with van der Waals surface area (Å²) >= 11 is 0. The van der Waals surface area contributed by atoms with Crippen LogP contribution >= 0.6 is 0 Å². The van der Waals surface area contributed by atoms with Crippen molar-refractivity contribution in [3.8, 4) is 0 Å². The number of benzene rings is 1. The molecule has 2 fully saturated rings. The number of hydrogen-bond donors (Lipinski definition) is 2. The maximum atomic E-state index is 12.9. The zero-order chi connectivity index (χ0) is 18.4. The molecule has 6 nitrogen and oxygen atoms in total. The van der Waals surface area contributed by atoms with E-state index in [1.54, 1.807) is 6.92 Å². The number of anilines is 1. The van der Waals surface area contributed by atoms with Crippen molar-refractivity contribution in [3.63, 3.8) is 0 Å². The third-order valence-corrected chi connectivity index (χ3v) is 5.91. The predicted molar refractivity (Wildman–Crippen MR) is 97.0 cm³/mol. The van der Waals surface area contributed by atoms with Crippen molar-refractivity contribution in [2.75, 3.05) is 5.32 Å². The first kappa shape index (κ1) is 16.8. The third-order valence-electron chi connectivity index (χ3n) is 5.91. The van der Waals surface area contributed by atoms with Crippen molar-refractivity contribution < 1.29 is 14.4 Å². The molecular formula is C20H23N3O3. The van der Waals surface area contributed by atoms with Crippen LogP contribution in [0.4, 0.5) is 10.5 Å². The minimum absolute atomic E-state index is 0.150. The van der Waals surface area contributed by atoms with Crippen molar-refractivity contribution in [2.24, 2.45) is 23.7 Å². The first-order valence-corrected chi connectivity index (χ1v) is 9.16. The second kappa shape index (κ2) is 6.27. The Bertz CT molecular complexity index is 771. The average Bonchev–Trinajstić information content (AvgIpc) is 2.91. The first-order chi connectivity index (χ1) is 12.5. The fourth-order valence-electron chi connectivity index (χ4n) is 4.60. The Morgan fingerprint density at radius 3 is 2.19 bits per heavy atom. The van der Waals surface area contributed by atoms with E-state index in [0.29, 0.717) is 5.69 Å². The number of carbonyl (C=O) groups excluding carboxylic acids is 3. The number of nitrogens with zero attached hydrogens (tertiary/aromatic N) is 1. The van der Waals surface area contributed by atoms with Gasteiger partial charge in [0.2, 0.25) is 11.8 Å². The number of likely N-dealkylation sites (tertiary alicyclic amines) is 1. The molecule has 0 unspecified atom stereocenters. The molecule has 3 aliphatic carbocycles. The molecule has 5 atom stereocenters. The Hall–Kier alpha value is -2.63. The number of para-hydroxylation sites is 1. The van der Waals surface area contributed by atoms with E-state index in [4.69, 9.17) is 0 Å². The van der Waals surface area contributed by atoms with Gasteiger partial charge in [0.25, 0.3) is 0 Å². The van der Waals surface area contributed by atoms with Crippen LogP contribution in [-0.4, -0.2) is 28.9 Å². The Kier molecular flexibility index (Phi) is 4.05. The molecule has 1 aliphatic heterocycles. The second-order valence-electron chi connectivity index (χ2n) is 7.48. The second-order valence-corrected chi connectivity index (χ2v) is 7.48. The standard InChI is InChI=1S/C20H23N3O3/c1-11-5-3-4-6-15(11)22-20(26)21-12(2)23-18(24)16-13-7-8-14(10-9-13)17(16)19(23)25/h3-8,12-14,16-17H,9-10H2,1-2H3,(H2,21,22,26)/t12-,13-,14-,16-,17+/m0/s1. The van der Waals surface area contributed by atoms with Crippen LogP contribution in [0.2, 0.25) is 0 Å². The van der Waals surface area contributed by atoms with Crippen LogP contribution in [0.25, 0.3) is 0 Å². The van der Waals surface area contributed by atoms with Crippen molar-refractivity contribution in [3.05, 3.63) is 42.0 Å². The van der Waals surface area contributed by atoms with Gasteiger partial charge in [-0.25, -0.2) is 4.79 Å². The SMILES string of the molecule is Cc1ccccc1NC(=O)N[C@H](C)N1C(=O)[C@@H]2[C@H](C1=O)[C@H]1C=C[C@H]2CC1. The van der Waals surface area contributed by atoms with Gasteiger partial charge in [-0.15, -0.1) is 0 Å². The predicted octanol–water partition coefficient (Wildman–Crippen LogP) is 2.66. The minimum atomic E-state index is -0.677. The fraction of sp³-hybridized carbons (Fsp3) is 0.450. The summed E-state index contributed by atoms with van der Waals surface area (Å²) < 4.78 is 0. The van der Waals surface area contributed by atoms with E-state index >= 15 is 0 Å². The molecule has 2 N–H and O–H groups in total. The van der Waals surface area contributed by atoms with E-state index in [9.17, 15) is 14.4 Å². The van der Waals surface area contributed by atoms with E-state index in [1.807, 2.05) is 31.2 Å². The zero-order valence-corrected chi connectivity index (χ0v) is 14.9. The summed E-state index contributed by atoms with van der Waals surface area (Å²) in [6, 6.07) is 7.02. The highest BCUT2D eigenvalue weighted by Gasteiger charge is 2.57. The Morgan fingerprint density at radius 2 is 1.65 bits per heavy atom. The summed E-state index contributed by atoms with van der Waals surface area (Å²) in [5.41, 5.74) is 1.64. The van der Waals surface area contributed by atoms with Gasteiger partial charge in [-0.05, 0) is 50.2 Å². The summed E-state index contributed by atoms with van der Waals surface area (Å²) in [7, 11) is 0. The van der Waals surface area contributed by atoms with E-state index in [1.165, 1.54) is 4.90 Å². The lowest BCUT2D eigenvalue weighted by Gasteiger charge is -2.38. The lowest BCUT2D eigenvalue weighted by Crippen LogP contribution is -2.50. The molecule has 1 saturated carbocycles. The monoisotopic (exact) mass is 353 g/mol. The molecule has 1 saturated heterocycles. The van der Waals surface area contributed by atoms with Gasteiger partial charge in [0.1, 0.15) is 6.17 Å². The number of nitrogens with one attached hydrogen (secondary N) is 2. The Morgan fingerprint density at radius 1 is 1.08 bits per heavy atom. The summed E-state index contributed by atoms with van der Waals surface area (Å²) in [6.45, 7) is 3.58. The number of aryl methyl sites for hydroxylation is 1. The quantitative estimate of drug-likeness (QED) is 0.648. The molecule has 136 valence electrons. The number of rotatable bonds is 3. The number of hydrogen-bond acceptors (Lipinski definition) is 3. The van der Waals surface area contributed by atoms with Crippen LogP contribution in [-0.2, 0) is 9.59 Å². The molecule has 2 bridgehead atoms. The summed E-state index contributed by atoms with van der Waals surface area (Å²) in [4.78, 5) is 39.3. The van der Waals surface area contributed by atoms with Crippen LogP contribution in [0.15, 0.2) is 36.4 Å². The molecule has 0 aromatic heterocycles. The maximum Gasteiger partial charge on any atom is 0.320 e. The molecular weight excluding hydrogens is 330 g/mol. The van der Waals surface area contributed by atoms with E-state index in [-0.39, 0.29) is 35.5 Å². The van der Waals surface area contributed by atoms with Gasteiger partial charge in [-0.3, -0.25) is 14.5 Å². The topological polar surface area (TPSA) is 78.5 Å². The molecule has 0 spiro atoms. The normalized spacial score (nSPS) is 30.3. The maximum absolute atomic E-state index is 12.9. The summed E-state index contributed by atoms with van der Waals surface area (Å²) in [5.74, 6) is -0.505. The molecule has 5 rings (SSSR count). The number of fused-ring (bicyclic) bond motifs is 1. The highest BCUT2D eigenvalue weighted by Crippen LogP contribution is 2.49. The lowest BCUT2D eigenvalue weighted by atomic mass is 9.63. The molecule has 26 heavy (non-hydrogen) atoms. The molecule has 1 aromatic carbocycles. The van der Waals surface area contributed by atoms with Crippen molar-refractivity contribution in [2.45, 2.75) is 32.9 Å². The number of carbonyl (C=O) groups is 3. The van der Waals surface area contributed by atoms with E-state index < -0.39 is 12.2 Å². The van der Waals surface area contributed by atoms with Gasteiger partial charge in [0.15, 0.2) is 0 Å². The molecule has 1 aromatic rings. The van der Waals surface area contributed by atoms with Gasteiger partial charge in [0, 0.05) is 5.69 Å². The Labute approximate surface area is 152 Å². The van der Waals surface area contributed by atoms with Crippen LogP contribution < -0.4 is 10.6 Å². The van der Waals surface area contributed by atoms with Gasteiger partial charge >= 0.3 is 6.03 Å². The summed E-state index contributed by atoms with van der Waals surface area (Å²) in [5, 5.41) is 5.51. The number of urea groups is 1. The van der Waals surface area contributed by atoms with Crippen LogP contribution in [0.3, 0.4) is 0 Å².